The summed E-state index contributed by atoms with van der Waals surface area (Å²) in [5.41, 5.74) is 0.986. The number of hydrogen-bond acceptors (Lipinski definition) is 3. The molecule has 0 bridgehead atoms. The van der Waals surface area contributed by atoms with Crippen LogP contribution < -0.4 is 5.32 Å². The molecular formula is C12H19NOS. The fourth-order valence-electron chi connectivity index (χ4n) is 2.20. The van der Waals surface area contributed by atoms with E-state index in [1.165, 1.54) is 18.4 Å². The van der Waals surface area contributed by atoms with Crippen molar-refractivity contribution in [3.63, 3.8) is 0 Å². The molecule has 0 radical (unpaired) electrons. The zero-order chi connectivity index (χ0) is 10.6. The predicted octanol–water partition coefficient (Wildman–Crippen LogP) is 2.19. The number of thiophene rings is 1. The molecule has 1 saturated carbocycles. The topological polar surface area (TPSA) is 32.3 Å². The van der Waals surface area contributed by atoms with Gasteiger partial charge in [-0.3, -0.25) is 0 Å². The molecule has 84 valence electrons. The van der Waals surface area contributed by atoms with Gasteiger partial charge < -0.3 is 10.4 Å². The van der Waals surface area contributed by atoms with Crippen LogP contribution in [0.15, 0.2) is 16.8 Å². The molecule has 1 aliphatic carbocycles. The van der Waals surface area contributed by atoms with Gasteiger partial charge in [0, 0.05) is 6.54 Å². The maximum Gasteiger partial charge on any atom is 0.0771 e. The molecule has 2 nitrogen and oxygen atoms in total. The van der Waals surface area contributed by atoms with Crippen LogP contribution in [0.5, 0.6) is 0 Å². The Labute approximate surface area is 95.3 Å². The minimum atomic E-state index is -0.408. The Kier molecular flexibility index (Phi) is 3.78. The molecule has 15 heavy (non-hydrogen) atoms. The fraction of sp³-hybridized carbons (Fsp3) is 0.667. The van der Waals surface area contributed by atoms with Crippen LogP contribution in [0.25, 0.3) is 0 Å². The van der Waals surface area contributed by atoms with Crippen molar-refractivity contribution in [1.29, 1.82) is 0 Å². The highest BCUT2D eigenvalue weighted by molar-refractivity contribution is 7.07. The van der Waals surface area contributed by atoms with Crippen molar-refractivity contribution < 1.29 is 5.11 Å². The van der Waals surface area contributed by atoms with E-state index < -0.39 is 5.60 Å². The molecule has 2 rings (SSSR count). The van der Waals surface area contributed by atoms with Gasteiger partial charge in [0.25, 0.3) is 0 Å². The van der Waals surface area contributed by atoms with Crippen LogP contribution in [0, 0.1) is 0 Å². The SMILES string of the molecule is OC1(CNCCc2ccsc2)CCCC1. The van der Waals surface area contributed by atoms with Gasteiger partial charge in [-0.1, -0.05) is 12.8 Å². The van der Waals surface area contributed by atoms with Gasteiger partial charge in [-0.25, -0.2) is 0 Å². The van der Waals surface area contributed by atoms with E-state index in [0.29, 0.717) is 0 Å². The van der Waals surface area contributed by atoms with Crippen molar-refractivity contribution in [2.45, 2.75) is 37.7 Å². The molecule has 0 aromatic carbocycles. The second kappa shape index (κ2) is 5.10. The van der Waals surface area contributed by atoms with Crippen LogP contribution in [-0.4, -0.2) is 23.8 Å². The second-order valence-electron chi connectivity index (χ2n) is 4.49. The summed E-state index contributed by atoms with van der Waals surface area (Å²) in [6, 6.07) is 2.16. The fourth-order valence-corrected chi connectivity index (χ4v) is 2.90. The molecule has 0 atom stereocenters. The van der Waals surface area contributed by atoms with E-state index in [-0.39, 0.29) is 0 Å². The average Bonchev–Trinajstić information content (AvgIpc) is 2.84. The molecule has 1 aliphatic rings. The van der Waals surface area contributed by atoms with Gasteiger partial charge in [0.1, 0.15) is 0 Å². The first kappa shape index (κ1) is 11.1. The van der Waals surface area contributed by atoms with Gasteiger partial charge in [-0.05, 0) is 48.2 Å². The highest BCUT2D eigenvalue weighted by Crippen LogP contribution is 2.28. The Morgan fingerprint density at radius 3 is 2.87 bits per heavy atom. The van der Waals surface area contributed by atoms with Crippen molar-refractivity contribution >= 4 is 11.3 Å². The van der Waals surface area contributed by atoms with Crippen LogP contribution in [0.1, 0.15) is 31.2 Å². The van der Waals surface area contributed by atoms with Crippen molar-refractivity contribution in [2.24, 2.45) is 0 Å². The Morgan fingerprint density at radius 2 is 2.20 bits per heavy atom. The molecule has 1 aromatic heterocycles. The first-order chi connectivity index (χ1) is 7.29. The predicted molar refractivity (Wildman–Crippen MR) is 64.3 cm³/mol. The summed E-state index contributed by atoms with van der Waals surface area (Å²) >= 11 is 1.75. The van der Waals surface area contributed by atoms with Gasteiger partial charge in [-0.15, -0.1) is 0 Å². The summed E-state index contributed by atoms with van der Waals surface area (Å²) in [7, 11) is 0. The van der Waals surface area contributed by atoms with E-state index in [2.05, 4.69) is 22.1 Å². The second-order valence-corrected chi connectivity index (χ2v) is 5.27. The van der Waals surface area contributed by atoms with Crippen molar-refractivity contribution in [3.05, 3.63) is 22.4 Å². The minimum Gasteiger partial charge on any atom is -0.389 e. The summed E-state index contributed by atoms with van der Waals surface area (Å²) in [5.74, 6) is 0. The highest BCUT2D eigenvalue weighted by atomic mass is 32.1. The van der Waals surface area contributed by atoms with Crippen LogP contribution in [-0.2, 0) is 6.42 Å². The Bertz CT molecular complexity index is 278. The monoisotopic (exact) mass is 225 g/mol. The van der Waals surface area contributed by atoms with Crippen molar-refractivity contribution in [1.82, 2.24) is 5.32 Å². The first-order valence-corrected chi connectivity index (χ1v) is 6.67. The van der Waals surface area contributed by atoms with E-state index in [1.54, 1.807) is 11.3 Å². The lowest BCUT2D eigenvalue weighted by Crippen LogP contribution is -2.38. The third-order valence-corrected chi connectivity index (χ3v) is 3.89. The summed E-state index contributed by atoms with van der Waals surface area (Å²) in [5, 5.41) is 17.7. The summed E-state index contributed by atoms with van der Waals surface area (Å²) < 4.78 is 0. The van der Waals surface area contributed by atoms with E-state index in [9.17, 15) is 5.11 Å². The molecular weight excluding hydrogens is 206 g/mol. The minimum absolute atomic E-state index is 0.408. The lowest BCUT2D eigenvalue weighted by Gasteiger charge is -2.22. The van der Waals surface area contributed by atoms with E-state index in [1.807, 2.05) is 0 Å². The largest absolute Gasteiger partial charge is 0.389 e. The maximum atomic E-state index is 10.1. The van der Waals surface area contributed by atoms with Gasteiger partial charge in [-0.2, -0.15) is 11.3 Å². The van der Waals surface area contributed by atoms with Crippen molar-refractivity contribution in [2.75, 3.05) is 13.1 Å². The summed E-state index contributed by atoms with van der Waals surface area (Å²) in [6.45, 7) is 1.73. The normalized spacial score (nSPS) is 19.5. The average molecular weight is 225 g/mol. The molecule has 2 N–H and O–H groups in total. The van der Waals surface area contributed by atoms with Crippen LogP contribution >= 0.6 is 11.3 Å². The standard InChI is InChI=1S/C12H19NOS/c14-12(5-1-2-6-12)10-13-7-3-11-4-8-15-9-11/h4,8-9,13-14H,1-3,5-7,10H2. The molecule has 1 fully saturated rings. The Hall–Kier alpha value is -0.380. The van der Waals surface area contributed by atoms with E-state index in [4.69, 9.17) is 0 Å². The molecule has 0 unspecified atom stereocenters. The third-order valence-electron chi connectivity index (χ3n) is 3.16. The lowest BCUT2D eigenvalue weighted by molar-refractivity contribution is 0.0481. The van der Waals surface area contributed by atoms with Crippen molar-refractivity contribution in [3.8, 4) is 0 Å². The number of aliphatic hydroxyl groups is 1. The lowest BCUT2D eigenvalue weighted by atomic mass is 10.0. The smallest absolute Gasteiger partial charge is 0.0771 e. The highest BCUT2D eigenvalue weighted by Gasteiger charge is 2.30. The Balaban J connectivity index is 1.62. The molecule has 0 spiro atoms. The van der Waals surface area contributed by atoms with E-state index >= 15 is 0 Å². The van der Waals surface area contributed by atoms with Crippen LogP contribution in [0.4, 0.5) is 0 Å². The summed E-state index contributed by atoms with van der Waals surface area (Å²) in [6.07, 6.45) is 5.38. The number of rotatable bonds is 5. The molecule has 1 heterocycles. The number of nitrogens with one attached hydrogen (secondary N) is 1. The zero-order valence-electron chi connectivity index (χ0n) is 9.04. The van der Waals surface area contributed by atoms with Crippen LogP contribution in [0.2, 0.25) is 0 Å². The van der Waals surface area contributed by atoms with Gasteiger partial charge >= 0.3 is 0 Å². The quantitative estimate of drug-likeness (QED) is 0.753. The molecule has 1 aromatic rings. The third kappa shape index (κ3) is 3.30. The van der Waals surface area contributed by atoms with Gasteiger partial charge in [0.05, 0.1) is 5.60 Å². The maximum absolute atomic E-state index is 10.1. The Morgan fingerprint density at radius 1 is 1.40 bits per heavy atom. The molecule has 3 heteroatoms. The van der Waals surface area contributed by atoms with Crippen LogP contribution in [0.3, 0.4) is 0 Å². The zero-order valence-corrected chi connectivity index (χ0v) is 9.85. The molecule has 0 amide bonds. The van der Waals surface area contributed by atoms with Gasteiger partial charge in [0.2, 0.25) is 0 Å². The van der Waals surface area contributed by atoms with E-state index in [0.717, 1.165) is 32.4 Å². The van der Waals surface area contributed by atoms with Gasteiger partial charge in [0.15, 0.2) is 0 Å². The number of hydrogen-bond donors (Lipinski definition) is 2. The molecule has 0 saturated heterocycles. The molecule has 0 aliphatic heterocycles. The summed E-state index contributed by atoms with van der Waals surface area (Å²) in [4.78, 5) is 0. The first-order valence-electron chi connectivity index (χ1n) is 5.73.